The van der Waals surface area contributed by atoms with Crippen molar-refractivity contribution in [2.45, 2.75) is 19.4 Å². The van der Waals surface area contributed by atoms with Crippen molar-refractivity contribution in [1.29, 1.82) is 0 Å². The van der Waals surface area contributed by atoms with Crippen molar-refractivity contribution in [3.63, 3.8) is 0 Å². The summed E-state index contributed by atoms with van der Waals surface area (Å²) in [6.45, 7) is 3.40. The fraction of sp³-hybridized carbons (Fsp3) is 0.400. The minimum Gasteiger partial charge on any atom is -0.358 e. The number of nitrogens with zero attached hydrogens (tertiary/aromatic N) is 3. The van der Waals surface area contributed by atoms with E-state index in [1.165, 1.54) is 0 Å². The van der Waals surface area contributed by atoms with Gasteiger partial charge in [0.1, 0.15) is 0 Å². The number of anilines is 1. The van der Waals surface area contributed by atoms with Gasteiger partial charge in [-0.15, -0.1) is 24.8 Å². The van der Waals surface area contributed by atoms with E-state index >= 15 is 0 Å². The first-order valence-corrected chi connectivity index (χ1v) is 8.93. The molecule has 1 amide bonds. The highest BCUT2D eigenvalue weighted by molar-refractivity contribution is 5.85. The van der Waals surface area contributed by atoms with E-state index in [2.05, 4.69) is 9.88 Å². The molecule has 0 unspecified atom stereocenters. The number of halogens is 2. The van der Waals surface area contributed by atoms with Crippen molar-refractivity contribution in [3.8, 4) is 0 Å². The fourth-order valence-corrected chi connectivity index (χ4v) is 3.27. The average molecular weight is 411 g/mol. The summed E-state index contributed by atoms with van der Waals surface area (Å²) in [7, 11) is 0. The Kier molecular flexibility index (Phi) is 10.1. The number of piperidine rings is 1. The number of nitrogens with two attached hydrogens (primary N) is 1. The van der Waals surface area contributed by atoms with Gasteiger partial charge in [-0.05, 0) is 49.1 Å². The van der Waals surface area contributed by atoms with E-state index in [1.807, 2.05) is 53.6 Å². The van der Waals surface area contributed by atoms with Crippen LogP contribution < -0.4 is 10.6 Å². The van der Waals surface area contributed by atoms with E-state index in [0.29, 0.717) is 19.0 Å². The Hall–Kier alpha value is -1.82. The lowest BCUT2D eigenvalue weighted by Gasteiger charge is -2.33. The van der Waals surface area contributed by atoms with Crippen LogP contribution in [0.2, 0.25) is 0 Å². The highest BCUT2D eigenvalue weighted by Gasteiger charge is 2.23. The number of amides is 1. The number of hydrogen-bond acceptors (Lipinski definition) is 4. The summed E-state index contributed by atoms with van der Waals surface area (Å²) in [4.78, 5) is 21.1. The molecule has 1 aliphatic rings. The Morgan fingerprint density at radius 2 is 1.81 bits per heavy atom. The Labute approximate surface area is 173 Å². The lowest BCUT2D eigenvalue weighted by Crippen LogP contribution is -2.45. The quantitative estimate of drug-likeness (QED) is 0.794. The third kappa shape index (κ3) is 6.69. The number of likely N-dealkylation sites (tertiary alicyclic amines) is 1. The van der Waals surface area contributed by atoms with E-state index in [-0.39, 0.29) is 30.7 Å². The van der Waals surface area contributed by atoms with Gasteiger partial charge in [0, 0.05) is 37.7 Å². The number of pyridine rings is 1. The van der Waals surface area contributed by atoms with Crippen LogP contribution in [0.1, 0.15) is 18.4 Å². The minimum absolute atomic E-state index is 0. The predicted octanol–water partition coefficient (Wildman–Crippen LogP) is 3.13. The van der Waals surface area contributed by atoms with Crippen LogP contribution in [0.4, 0.5) is 5.69 Å². The fourth-order valence-electron chi connectivity index (χ4n) is 3.27. The summed E-state index contributed by atoms with van der Waals surface area (Å²) in [6, 6.07) is 14.1. The highest BCUT2D eigenvalue weighted by Crippen LogP contribution is 2.19. The van der Waals surface area contributed by atoms with Crippen LogP contribution in [0.5, 0.6) is 0 Å². The lowest BCUT2D eigenvalue weighted by molar-refractivity contribution is -0.131. The van der Waals surface area contributed by atoms with Gasteiger partial charge in [-0.2, -0.15) is 0 Å². The molecule has 5 nitrogen and oxygen atoms in total. The largest absolute Gasteiger partial charge is 0.358 e. The predicted molar refractivity (Wildman–Crippen MR) is 115 cm³/mol. The van der Waals surface area contributed by atoms with Crippen LogP contribution >= 0.6 is 24.8 Å². The first kappa shape index (κ1) is 23.2. The summed E-state index contributed by atoms with van der Waals surface area (Å²) >= 11 is 0. The zero-order chi connectivity index (χ0) is 17.5. The van der Waals surface area contributed by atoms with Crippen molar-refractivity contribution in [2.75, 3.05) is 31.1 Å². The zero-order valence-electron chi connectivity index (χ0n) is 15.4. The molecule has 3 rings (SSSR count). The molecular formula is C20H28Cl2N4O. The number of para-hydroxylation sites is 1. The van der Waals surface area contributed by atoms with Crippen LogP contribution in [0.25, 0.3) is 0 Å². The highest BCUT2D eigenvalue weighted by atomic mass is 35.5. The molecular weight excluding hydrogens is 383 g/mol. The summed E-state index contributed by atoms with van der Waals surface area (Å²) in [6.07, 6.45) is 5.64. The molecule has 0 aliphatic carbocycles. The van der Waals surface area contributed by atoms with E-state index in [4.69, 9.17) is 5.73 Å². The van der Waals surface area contributed by atoms with Crippen molar-refractivity contribution in [1.82, 2.24) is 9.88 Å². The van der Waals surface area contributed by atoms with Crippen LogP contribution in [0.3, 0.4) is 0 Å². The van der Waals surface area contributed by atoms with Gasteiger partial charge in [-0.3, -0.25) is 9.78 Å². The second-order valence-corrected chi connectivity index (χ2v) is 6.61. The molecule has 0 atom stereocenters. The molecule has 1 aromatic heterocycles. The number of carbonyl (C=O) groups is 1. The normalized spacial score (nSPS) is 14.0. The Morgan fingerprint density at radius 3 is 2.41 bits per heavy atom. The first-order chi connectivity index (χ1) is 12.3. The van der Waals surface area contributed by atoms with E-state index < -0.39 is 0 Å². The van der Waals surface area contributed by atoms with Gasteiger partial charge in [-0.1, -0.05) is 24.3 Å². The molecule has 2 N–H and O–H groups in total. The number of aromatic nitrogens is 1. The number of benzene rings is 1. The smallest absolute Gasteiger partial charge is 0.242 e. The Bertz CT molecular complexity index is 664. The molecule has 1 aliphatic heterocycles. The number of carbonyl (C=O) groups excluding carboxylic acids is 1. The maximum Gasteiger partial charge on any atom is 0.242 e. The maximum atomic E-state index is 12.8. The third-order valence-corrected chi connectivity index (χ3v) is 4.84. The molecule has 148 valence electrons. The lowest BCUT2D eigenvalue weighted by atomic mass is 9.97. The summed E-state index contributed by atoms with van der Waals surface area (Å²) in [5.41, 5.74) is 7.90. The third-order valence-electron chi connectivity index (χ3n) is 4.84. The Morgan fingerprint density at radius 1 is 1.11 bits per heavy atom. The molecule has 27 heavy (non-hydrogen) atoms. The number of hydrogen-bond donors (Lipinski definition) is 1. The molecule has 0 bridgehead atoms. The minimum atomic E-state index is 0. The molecule has 7 heteroatoms. The van der Waals surface area contributed by atoms with Gasteiger partial charge in [0.05, 0.1) is 6.54 Å². The summed E-state index contributed by atoms with van der Waals surface area (Å²) in [5.74, 6) is 0.743. The SMILES string of the molecule is Cl.Cl.NCC1CCN(C(=O)CN(Cc2cccnc2)c2ccccc2)CC1. The van der Waals surface area contributed by atoms with E-state index in [0.717, 1.165) is 43.7 Å². The first-order valence-electron chi connectivity index (χ1n) is 8.93. The van der Waals surface area contributed by atoms with Crippen molar-refractivity contribution in [2.24, 2.45) is 11.7 Å². The van der Waals surface area contributed by atoms with Crippen molar-refractivity contribution >= 4 is 36.4 Å². The van der Waals surface area contributed by atoms with Gasteiger partial charge in [0.15, 0.2) is 0 Å². The average Bonchev–Trinajstić information content (AvgIpc) is 2.69. The summed E-state index contributed by atoms with van der Waals surface area (Å²) < 4.78 is 0. The topological polar surface area (TPSA) is 62.5 Å². The standard InChI is InChI=1S/C20H26N4O.2ClH/c21-13-17-8-11-23(12-9-17)20(25)16-24(19-6-2-1-3-7-19)15-18-5-4-10-22-14-18;;/h1-7,10,14,17H,8-9,11-13,15-16,21H2;2*1H. The van der Waals surface area contributed by atoms with Crippen LogP contribution in [0, 0.1) is 5.92 Å². The van der Waals surface area contributed by atoms with Crippen LogP contribution in [0.15, 0.2) is 54.9 Å². The van der Waals surface area contributed by atoms with E-state index in [1.54, 1.807) is 6.20 Å². The van der Waals surface area contributed by atoms with Crippen LogP contribution in [-0.4, -0.2) is 42.0 Å². The molecule has 0 spiro atoms. The molecule has 0 radical (unpaired) electrons. The Balaban J connectivity index is 0.00000182. The summed E-state index contributed by atoms with van der Waals surface area (Å²) in [5, 5.41) is 0. The van der Waals surface area contributed by atoms with Gasteiger partial charge < -0.3 is 15.5 Å². The van der Waals surface area contributed by atoms with E-state index in [9.17, 15) is 4.79 Å². The monoisotopic (exact) mass is 410 g/mol. The molecule has 1 fully saturated rings. The maximum absolute atomic E-state index is 12.8. The van der Waals surface area contributed by atoms with Gasteiger partial charge in [0.2, 0.25) is 5.91 Å². The zero-order valence-corrected chi connectivity index (χ0v) is 17.0. The van der Waals surface area contributed by atoms with Crippen LogP contribution in [-0.2, 0) is 11.3 Å². The molecule has 1 saturated heterocycles. The van der Waals surface area contributed by atoms with Crippen molar-refractivity contribution in [3.05, 3.63) is 60.4 Å². The second-order valence-electron chi connectivity index (χ2n) is 6.61. The molecule has 0 saturated carbocycles. The van der Waals surface area contributed by atoms with Gasteiger partial charge in [0.25, 0.3) is 0 Å². The van der Waals surface area contributed by atoms with Crippen molar-refractivity contribution < 1.29 is 4.79 Å². The molecule has 2 aromatic rings. The molecule has 1 aromatic carbocycles. The van der Waals surface area contributed by atoms with Gasteiger partial charge in [-0.25, -0.2) is 0 Å². The molecule has 2 heterocycles. The van der Waals surface area contributed by atoms with Gasteiger partial charge >= 0.3 is 0 Å². The second kappa shape index (κ2) is 11.8. The number of rotatable bonds is 6.